The van der Waals surface area contributed by atoms with Crippen LogP contribution in [-0.4, -0.2) is 46.6 Å². The summed E-state index contributed by atoms with van der Waals surface area (Å²) in [6.45, 7) is 5.25. The number of aromatic nitrogens is 2. The van der Waals surface area contributed by atoms with E-state index in [0.29, 0.717) is 23.1 Å². The SMILES string of the molecule is CCCc1nc2ccc(Br)cc2c(=O)n1N=Cc1cc(OCC)c(O[C@@H](C)C(=O)OC)c([N+](=O)[O-])c1. The lowest BCUT2D eigenvalue weighted by atomic mass is 10.1. The summed E-state index contributed by atoms with van der Waals surface area (Å²) in [5, 5.41) is 16.5. The second-order valence-electron chi connectivity index (χ2n) is 7.64. The molecule has 0 N–H and O–H groups in total. The maximum Gasteiger partial charge on any atom is 0.346 e. The second kappa shape index (κ2) is 11.8. The number of nitrogens with zero attached hydrogens (tertiary/aromatic N) is 4. The molecule has 0 amide bonds. The minimum Gasteiger partial charge on any atom is -0.490 e. The van der Waals surface area contributed by atoms with E-state index >= 15 is 0 Å². The van der Waals surface area contributed by atoms with Crippen molar-refractivity contribution < 1.29 is 23.9 Å². The van der Waals surface area contributed by atoms with Crippen LogP contribution in [0, 0.1) is 10.1 Å². The number of hydrogen-bond acceptors (Lipinski definition) is 9. The lowest BCUT2D eigenvalue weighted by molar-refractivity contribution is -0.386. The number of carbonyl (C=O) groups excluding carboxylic acids is 1. The number of aryl methyl sites for hydroxylation is 1. The van der Waals surface area contributed by atoms with Gasteiger partial charge < -0.3 is 14.2 Å². The molecule has 36 heavy (non-hydrogen) atoms. The van der Waals surface area contributed by atoms with Crippen molar-refractivity contribution in [3.05, 3.63) is 66.7 Å². The Hall–Kier alpha value is -3.80. The lowest BCUT2D eigenvalue weighted by Crippen LogP contribution is -2.25. The van der Waals surface area contributed by atoms with Gasteiger partial charge in [-0.1, -0.05) is 22.9 Å². The normalized spacial score (nSPS) is 12.0. The molecule has 1 heterocycles. The van der Waals surface area contributed by atoms with E-state index in [1.54, 1.807) is 25.1 Å². The summed E-state index contributed by atoms with van der Waals surface area (Å²) in [7, 11) is 1.19. The van der Waals surface area contributed by atoms with Crippen molar-refractivity contribution in [2.75, 3.05) is 13.7 Å². The highest BCUT2D eigenvalue weighted by atomic mass is 79.9. The first-order chi connectivity index (χ1) is 17.2. The van der Waals surface area contributed by atoms with Gasteiger partial charge in [0, 0.05) is 22.5 Å². The summed E-state index contributed by atoms with van der Waals surface area (Å²) in [5.74, 6) is -0.404. The molecule has 0 saturated heterocycles. The van der Waals surface area contributed by atoms with Gasteiger partial charge in [0.25, 0.3) is 5.56 Å². The van der Waals surface area contributed by atoms with Crippen LogP contribution in [-0.2, 0) is 16.0 Å². The Labute approximate surface area is 215 Å². The number of benzene rings is 2. The summed E-state index contributed by atoms with van der Waals surface area (Å²) in [6.07, 6.45) is 1.44. The first-order valence-corrected chi connectivity index (χ1v) is 11.9. The molecule has 12 heteroatoms. The van der Waals surface area contributed by atoms with Crippen molar-refractivity contribution in [3.63, 3.8) is 0 Å². The fourth-order valence-electron chi connectivity index (χ4n) is 3.41. The first kappa shape index (κ1) is 26.8. The molecule has 0 saturated carbocycles. The van der Waals surface area contributed by atoms with Crippen molar-refractivity contribution >= 4 is 44.7 Å². The van der Waals surface area contributed by atoms with E-state index in [9.17, 15) is 19.7 Å². The van der Waals surface area contributed by atoms with E-state index in [-0.39, 0.29) is 29.2 Å². The summed E-state index contributed by atoms with van der Waals surface area (Å²) in [6, 6.07) is 7.92. The highest BCUT2D eigenvalue weighted by Crippen LogP contribution is 2.39. The van der Waals surface area contributed by atoms with Gasteiger partial charge in [-0.3, -0.25) is 14.9 Å². The standard InChI is InChI=1S/C24H25BrN4O7/c1-5-7-21-27-18-9-8-16(25)12-17(18)23(30)28(21)26-13-15-10-19(29(32)33)22(20(11-15)35-6-2)36-14(3)24(31)34-4/h8-14H,5-7H2,1-4H3/t14-/m0/s1. The Kier molecular flexibility index (Phi) is 8.75. The summed E-state index contributed by atoms with van der Waals surface area (Å²) < 4.78 is 17.6. The Morgan fingerprint density at radius 2 is 2.06 bits per heavy atom. The van der Waals surface area contributed by atoms with Gasteiger partial charge in [-0.2, -0.15) is 9.78 Å². The van der Waals surface area contributed by atoms with Crippen LogP contribution >= 0.6 is 15.9 Å². The summed E-state index contributed by atoms with van der Waals surface area (Å²) >= 11 is 3.36. The molecule has 0 bridgehead atoms. The third-order valence-electron chi connectivity index (χ3n) is 5.05. The van der Waals surface area contributed by atoms with E-state index in [0.717, 1.165) is 10.9 Å². The molecular weight excluding hydrogens is 536 g/mol. The molecule has 11 nitrogen and oxygen atoms in total. The second-order valence-corrected chi connectivity index (χ2v) is 8.56. The topological polar surface area (TPSA) is 135 Å². The Bertz CT molecular complexity index is 1390. The van der Waals surface area contributed by atoms with Crippen molar-refractivity contribution in [3.8, 4) is 11.5 Å². The molecule has 1 atom stereocenters. The van der Waals surface area contributed by atoms with Crippen LogP contribution in [0.15, 0.2) is 44.7 Å². The Morgan fingerprint density at radius 1 is 1.31 bits per heavy atom. The largest absolute Gasteiger partial charge is 0.490 e. The number of halogens is 1. The van der Waals surface area contributed by atoms with E-state index in [4.69, 9.17) is 9.47 Å². The van der Waals surface area contributed by atoms with Crippen LogP contribution in [0.4, 0.5) is 5.69 Å². The molecule has 0 radical (unpaired) electrons. The van der Waals surface area contributed by atoms with E-state index < -0.39 is 22.7 Å². The fourth-order valence-corrected chi connectivity index (χ4v) is 3.78. The smallest absolute Gasteiger partial charge is 0.346 e. The molecule has 0 unspecified atom stereocenters. The predicted octanol–water partition coefficient (Wildman–Crippen LogP) is 4.24. The Balaban J connectivity index is 2.13. The van der Waals surface area contributed by atoms with Gasteiger partial charge in [0.2, 0.25) is 5.75 Å². The molecule has 190 valence electrons. The van der Waals surface area contributed by atoms with Gasteiger partial charge in [-0.25, -0.2) is 9.78 Å². The zero-order valence-corrected chi connectivity index (χ0v) is 21.8. The highest BCUT2D eigenvalue weighted by Gasteiger charge is 2.27. The molecular formula is C24H25BrN4O7. The zero-order chi connectivity index (χ0) is 26.4. The molecule has 3 aromatic rings. The maximum absolute atomic E-state index is 13.2. The van der Waals surface area contributed by atoms with E-state index in [1.807, 2.05) is 6.92 Å². The molecule has 2 aromatic carbocycles. The van der Waals surface area contributed by atoms with Gasteiger partial charge in [0.15, 0.2) is 11.9 Å². The van der Waals surface area contributed by atoms with Crippen LogP contribution in [0.2, 0.25) is 0 Å². The number of nitro groups is 1. The summed E-state index contributed by atoms with van der Waals surface area (Å²) in [4.78, 5) is 40.8. The molecule has 0 spiro atoms. The average molecular weight is 561 g/mol. The number of fused-ring (bicyclic) bond motifs is 1. The highest BCUT2D eigenvalue weighted by molar-refractivity contribution is 9.10. The van der Waals surface area contributed by atoms with Gasteiger partial charge in [-0.05, 0) is 44.5 Å². The number of nitro benzene ring substituents is 1. The fraction of sp³-hybridized carbons (Fsp3) is 0.333. The van der Waals surface area contributed by atoms with Gasteiger partial charge >= 0.3 is 11.7 Å². The van der Waals surface area contributed by atoms with Crippen LogP contribution in [0.3, 0.4) is 0 Å². The minimum atomic E-state index is -1.11. The third kappa shape index (κ3) is 5.88. The molecule has 3 rings (SSSR count). The molecule has 0 aliphatic carbocycles. The van der Waals surface area contributed by atoms with Crippen LogP contribution in [0.25, 0.3) is 10.9 Å². The summed E-state index contributed by atoms with van der Waals surface area (Å²) in [5.41, 5.74) is 0.0349. The minimum absolute atomic E-state index is 0.0469. The number of ether oxygens (including phenoxy) is 3. The molecule has 1 aromatic heterocycles. The third-order valence-corrected chi connectivity index (χ3v) is 5.55. The quantitative estimate of drug-likeness (QED) is 0.155. The van der Waals surface area contributed by atoms with Gasteiger partial charge in [0.1, 0.15) is 5.82 Å². The average Bonchev–Trinajstić information content (AvgIpc) is 2.85. The van der Waals surface area contributed by atoms with Crippen molar-refractivity contribution in [2.24, 2.45) is 5.10 Å². The Morgan fingerprint density at radius 3 is 2.69 bits per heavy atom. The van der Waals surface area contributed by atoms with Crippen molar-refractivity contribution in [2.45, 2.75) is 39.7 Å². The number of carbonyl (C=O) groups is 1. The van der Waals surface area contributed by atoms with Crippen LogP contribution in [0.1, 0.15) is 38.6 Å². The zero-order valence-electron chi connectivity index (χ0n) is 20.2. The van der Waals surface area contributed by atoms with E-state index in [2.05, 4.69) is 30.8 Å². The monoisotopic (exact) mass is 560 g/mol. The van der Waals surface area contributed by atoms with Gasteiger partial charge in [0.05, 0.1) is 35.8 Å². The molecule has 0 aliphatic heterocycles. The lowest BCUT2D eigenvalue weighted by Gasteiger charge is -2.16. The molecule has 0 aliphatic rings. The molecule has 0 fully saturated rings. The van der Waals surface area contributed by atoms with Crippen LogP contribution < -0.4 is 15.0 Å². The maximum atomic E-state index is 13.2. The van der Waals surface area contributed by atoms with Crippen LogP contribution in [0.5, 0.6) is 11.5 Å². The number of esters is 1. The van der Waals surface area contributed by atoms with E-state index in [1.165, 1.54) is 37.1 Å². The number of methoxy groups -OCH3 is 1. The number of hydrogen-bond donors (Lipinski definition) is 0. The van der Waals surface area contributed by atoms with Crippen molar-refractivity contribution in [1.29, 1.82) is 0 Å². The van der Waals surface area contributed by atoms with Crippen molar-refractivity contribution in [1.82, 2.24) is 9.66 Å². The number of rotatable bonds is 10. The first-order valence-electron chi connectivity index (χ1n) is 11.1. The predicted molar refractivity (Wildman–Crippen MR) is 137 cm³/mol. The van der Waals surface area contributed by atoms with Gasteiger partial charge in [-0.15, -0.1) is 0 Å².